The summed E-state index contributed by atoms with van der Waals surface area (Å²) in [5.41, 5.74) is 2.15. The molecule has 5 nitrogen and oxygen atoms in total. The van der Waals surface area contributed by atoms with Crippen LogP contribution in [0.1, 0.15) is 34.3 Å². The van der Waals surface area contributed by atoms with Crippen LogP contribution < -0.4 is 0 Å². The number of carbonyl (C=O) groups is 2. The fourth-order valence-electron chi connectivity index (χ4n) is 2.45. The van der Waals surface area contributed by atoms with Crippen molar-refractivity contribution in [3.8, 4) is 0 Å². The van der Waals surface area contributed by atoms with Crippen LogP contribution in [0.3, 0.4) is 0 Å². The minimum Gasteiger partial charge on any atom is -0.478 e. The largest absolute Gasteiger partial charge is 0.478 e. The topological polar surface area (TPSA) is 77.8 Å². The van der Waals surface area contributed by atoms with Crippen molar-refractivity contribution in [1.29, 1.82) is 0 Å². The molecule has 0 aromatic heterocycles. The first kappa shape index (κ1) is 15.3. The van der Waals surface area contributed by atoms with E-state index in [0.29, 0.717) is 37.1 Å². The van der Waals surface area contributed by atoms with Crippen LogP contribution in [-0.4, -0.2) is 46.2 Å². The summed E-state index contributed by atoms with van der Waals surface area (Å²) in [5.74, 6) is -1.09. The molecular formula is C16H19NO4. The number of likely N-dealkylation sites (tertiary alicyclic amines) is 1. The van der Waals surface area contributed by atoms with Crippen LogP contribution in [0.5, 0.6) is 0 Å². The van der Waals surface area contributed by atoms with Crippen molar-refractivity contribution >= 4 is 18.0 Å². The molecule has 2 rings (SSSR count). The van der Waals surface area contributed by atoms with E-state index < -0.39 is 5.97 Å². The van der Waals surface area contributed by atoms with Crippen LogP contribution >= 0.6 is 0 Å². The number of nitrogens with zero attached hydrogens (tertiary/aromatic N) is 1. The summed E-state index contributed by atoms with van der Waals surface area (Å²) in [6.45, 7) is 2.97. The fourth-order valence-corrected chi connectivity index (χ4v) is 2.45. The Hall–Kier alpha value is -2.14. The Morgan fingerprint density at radius 2 is 1.90 bits per heavy atom. The van der Waals surface area contributed by atoms with E-state index in [9.17, 15) is 14.7 Å². The second kappa shape index (κ2) is 6.54. The maximum absolute atomic E-state index is 12.5. The summed E-state index contributed by atoms with van der Waals surface area (Å²) < 4.78 is 0. The standard InChI is InChI=1S/C16H19NO4/c1-11-8-12(2-3-15(19)20)10-13(9-11)16(21)17-6-4-14(18)5-7-17/h2-3,8-10,14,18H,4-7H2,1H3,(H,19,20)/b3-2+. The van der Waals surface area contributed by atoms with Gasteiger partial charge in [0.25, 0.3) is 5.91 Å². The molecule has 0 saturated carbocycles. The molecule has 1 fully saturated rings. The van der Waals surface area contributed by atoms with Gasteiger partial charge in [-0.2, -0.15) is 0 Å². The number of carbonyl (C=O) groups excluding carboxylic acids is 1. The second-order valence-electron chi connectivity index (χ2n) is 5.33. The Balaban J connectivity index is 2.19. The van der Waals surface area contributed by atoms with E-state index in [1.807, 2.05) is 13.0 Å². The van der Waals surface area contributed by atoms with Crippen molar-refractivity contribution in [3.05, 3.63) is 41.0 Å². The van der Waals surface area contributed by atoms with Gasteiger partial charge in [0.1, 0.15) is 0 Å². The van der Waals surface area contributed by atoms with Gasteiger partial charge in [0, 0.05) is 24.7 Å². The van der Waals surface area contributed by atoms with Crippen LogP contribution in [0.4, 0.5) is 0 Å². The monoisotopic (exact) mass is 289 g/mol. The lowest BCUT2D eigenvalue weighted by molar-refractivity contribution is -0.131. The van der Waals surface area contributed by atoms with Gasteiger partial charge in [0.15, 0.2) is 0 Å². The number of aryl methyl sites for hydroxylation is 1. The maximum Gasteiger partial charge on any atom is 0.328 e. The molecule has 1 aliphatic heterocycles. The van der Waals surface area contributed by atoms with Gasteiger partial charge in [-0.15, -0.1) is 0 Å². The highest BCUT2D eigenvalue weighted by molar-refractivity contribution is 5.95. The SMILES string of the molecule is Cc1cc(/C=C/C(=O)O)cc(C(=O)N2CCC(O)CC2)c1. The van der Waals surface area contributed by atoms with E-state index in [1.54, 1.807) is 17.0 Å². The van der Waals surface area contributed by atoms with Crippen molar-refractivity contribution in [2.24, 2.45) is 0 Å². The van der Waals surface area contributed by atoms with Crippen molar-refractivity contribution < 1.29 is 19.8 Å². The third-order valence-corrected chi connectivity index (χ3v) is 3.52. The molecule has 0 atom stereocenters. The molecule has 21 heavy (non-hydrogen) atoms. The van der Waals surface area contributed by atoms with Gasteiger partial charge in [-0.25, -0.2) is 4.79 Å². The number of carboxylic acids is 1. The fraction of sp³-hybridized carbons (Fsp3) is 0.375. The van der Waals surface area contributed by atoms with Crippen molar-refractivity contribution in [2.75, 3.05) is 13.1 Å². The number of aliphatic hydroxyl groups excluding tert-OH is 1. The van der Waals surface area contributed by atoms with E-state index in [0.717, 1.165) is 11.6 Å². The number of amides is 1. The second-order valence-corrected chi connectivity index (χ2v) is 5.33. The molecular weight excluding hydrogens is 270 g/mol. The highest BCUT2D eigenvalue weighted by atomic mass is 16.4. The number of carboxylic acid groups (broad SMARTS) is 1. The zero-order valence-corrected chi connectivity index (χ0v) is 12.0. The summed E-state index contributed by atoms with van der Waals surface area (Å²) in [5, 5.41) is 18.2. The van der Waals surface area contributed by atoms with Gasteiger partial charge >= 0.3 is 5.97 Å². The predicted octanol–water partition coefficient (Wildman–Crippen LogP) is 1.69. The first-order valence-corrected chi connectivity index (χ1v) is 6.96. The predicted molar refractivity (Wildman–Crippen MR) is 79.0 cm³/mol. The van der Waals surface area contributed by atoms with E-state index in [4.69, 9.17) is 5.11 Å². The molecule has 1 amide bonds. The first-order chi connectivity index (χ1) is 9.95. The average molecular weight is 289 g/mol. The number of rotatable bonds is 3. The highest BCUT2D eigenvalue weighted by Gasteiger charge is 2.22. The minimum absolute atomic E-state index is 0.0735. The van der Waals surface area contributed by atoms with Gasteiger partial charge < -0.3 is 15.1 Å². The van der Waals surface area contributed by atoms with Gasteiger partial charge in [-0.3, -0.25) is 4.79 Å². The maximum atomic E-state index is 12.5. The molecule has 1 aliphatic rings. The lowest BCUT2D eigenvalue weighted by atomic mass is 10.0. The molecule has 1 aromatic carbocycles. The van der Waals surface area contributed by atoms with Crippen molar-refractivity contribution in [3.63, 3.8) is 0 Å². The average Bonchev–Trinajstić information content (AvgIpc) is 2.44. The van der Waals surface area contributed by atoms with Gasteiger partial charge in [-0.05, 0) is 49.1 Å². The molecule has 0 unspecified atom stereocenters. The lowest BCUT2D eigenvalue weighted by Gasteiger charge is -2.29. The molecule has 0 bridgehead atoms. The van der Waals surface area contributed by atoms with E-state index in [-0.39, 0.29) is 12.0 Å². The minimum atomic E-state index is -1.02. The summed E-state index contributed by atoms with van der Waals surface area (Å²) >= 11 is 0. The molecule has 0 aliphatic carbocycles. The van der Waals surface area contributed by atoms with E-state index >= 15 is 0 Å². The normalized spacial score (nSPS) is 16.4. The molecule has 1 saturated heterocycles. The molecule has 1 heterocycles. The van der Waals surface area contributed by atoms with Crippen LogP contribution in [0, 0.1) is 6.92 Å². The van der Waals surface area contributed by atoms with Crippen molar-refractivity contribution in [2.45, 2.75) is 25.9 Å². The van der Waals surface area contributed by atoms with Crippen LogP contribution in [-0.2, 0) is 4.79 Å². The molecule has 5 heteroatoms. The van der Waals surface area contributed by atoms with Crippen LogP contribution in [0.15, 0.2) is 24.3 Å². The van der Waals surface area contributed by atoms with Gasteiger partial charge in [-0.1, -0.05) is 6.07 Å². The molecule has 112 valence electrons. The summed E-state index contributed by atoms with van der Waals surface area (Å²) in [7, 11) is 0. The lowest BCUT2D eigenvalue weighted by Crippen LogP contribution is -2.40. The molecule has 2 N–H and O–H groups in total. The number of aliphatic carboxylic acids is 1. The van der Waals surface area contributed by atoms with Gasteiger partial charge in [0.05, 0.1) is 6.10 Å². The zero-order chi connectivity index (χ0) is 15.4. The first-order valence-electron chi connectivity index (χ1n) is 6.96. The Bertz CT molecular complexity index is 572. The van der Waals surface area contributed by atoms with E-state index in [1.165, 1.54) is 6.08 Å². The Morgan fingerprint density at radius 1 is 1.24 bits per heavy atom. The molecule has 1 aromatic rings. The van der Waals surface area contributed by atoms with Crippen LogP contribution in [0.25, 0.3) is 6.08 Å². The third-order valence-electron chi connectivity index (χ3n) is 3.52. The number of hydrogen-bond donors (Lipinski definition) is 2. The number of aliphatic hydroxyl groups is 1. The summed E-state index contributed by atoms with van der Waals surface area (Å²) in [6.07, 6.45) is 3.42. The number of benzene rings is 1. The Kier molecular flexibility index (Phi) is 4.75. The van der Waals surface area contributed by atoms with Crippen LogP contribution in [0.2, 0.25) is 0 Å². The smallest absolute Gasteiger partial charge is 0.328 e. The Morgan fingerprint density at radius 3 is 2.52 bits per heavy atom. The quantitative estimate of drug-likeness (QED) is 0.830. The zero-order valence-electron chi connectivity index (χ0n) is 12.0. The number of piperidine rings is 1. The molecule has 0 spiro atoms. The highest BCUT2D eigenvalue weighted by Crippen LogP contribution is 2.17. The Labute approximate surface area is 123 Å². The third kappa shape index (κ3) is 4.16. The van der Waals surface area contributed by atoms with Crippen molar-refractivity contribution in [1.82, 2.24) is 4.90 Å². The van der Waals surface area contributed by atoms with Gasteiger partial charge in [0.2, 0.25) is 0 Å². The van der Waals surface area contributed by atoms with E-state index in [2.05, 4.69) is 0 Å². The summed E-state index contributed by atoms with van der Waals surface area (Å²) in [6, 6.07) is 5.32. The number of hydrogen-bond acceptors (Lipinski definition) is 3. The summed E-state index contributed by atoms with van der Waals surface area (Å²) in [4.78, 5) is 24.7. The molecule has 0 radical (unpaired) electrons.